The highest BCUT2D eigenvalue weighted by molar-refractivity contribution is 5.99. The molecule has 190 valence electrons. The molecular weight excluding hydrogens is 454 g/mol. The van der Waals surface area contributed by atoms with Crippen molar-refractivity contribution in [2.45, 2.75) is 38.8 Å². The van der Waals surface area contributed by atoms with Crippen LogP contribution in [0, 0.1) is 0 Å². The van der Waals surface area contributed by atoms with Gasteiger partial charge in [-0.25, -0.2) is 4.58 Å². The Morgan fingerprint density at radius 3 is 2.03 bits per heavy atom. The third-order valence-corrected chi connectivity index (χ3v) is 6.91. The summed E-state index contributed by atoms with van der Waals surface area (Å²) in [7, 11) is 8.79. The summed E-state index contributed by atoms with van der Waals surface area (Å²) in [5.41, 5.74) is 6.02. The van der Waals surface area contributed by atoms with E-state index in [0.29, 0.717) is 29.9 Å². The number of hydrogen-bond donors (Lipinski definition) is 0. The van der Waals surface area contributed by atoms with Crippen molar-refractivity contribution >= 4 is 5.71 Å². The largest absolute Gasteiger partial charge is 0.493 e. The van der Waals surface area contributed by atoms with Crippen LogP contribution >= 0.6 is 0 Å². The summed E-state index contributed by atoms with van der Waals surface area (Å²) in [6, 6.07) is 18.9. The summed E-state index contributed by atoms with van der Waals surface area (Å²) >= 11 is 0. The molecule has 0 spiro atoms. The zero-order valence-corrected chi connectivity index (χ0v) is 22.1. The number of rotatable bonds is 10. The molecule has 0 aromatic heterocycles. The van der Waals surface area contributed by atoms with Crippen LogP contribution in [-0.2, 0) is 19.4 Å². The molecule has 0 radical (unpaired) electrons. The Morgan fingerprint density at radius 2 is 1.42 bits per heavy atom. The molecule has 1 heterocycles. The maximum Gasteiger partial charge on any atom is 0.203 e. The van der Waals surface area contributed by atoms with Crippen molar-refractivity contribution < 1.29 is 28.3 Å². The normalized spacial score (nSPS) is 14.8. The van der Waals surface area contributed by atoms with Gasteiger partial charge in [-0.1, -0.05) is 30.3 Å². The molecule has 1 aliphatic rings. The summed E-state index contributed by atoms with van der Waals surface area (Å²) in [5, 5.41) is 0. The fourth-order valence-corrected chi connectivity index (χ4v) is 4.81. The molecular formula is C30H36NO5+. The molecule has 1 aliphatic heterocycles. The minimum absolute atomic E-state index is 0.383. The quantitative estimate of drug-likeness (QED) is 0.361. The molecule has 6 heteroatoms. The lowest BCUT2D eigenvalue weighted by Crippen LogP contribution is -2.34. The Kier molecular flexibility index (Phi) is 8.04. The molecule has 0 amide bonds. The number of fused-ring (bicyclic) bond motifs is 1. The Labute approximate surface area is 214 Å². The van der Waals surface area contributed by atoms with Crippen LogP contribution in [0.3, 0.4) is 0 Å². The van der Waals surface area contributed by atoms with Crippen molar-refractivity contribution in [3.05, 3.63) is 76.9 Å². The Morgan fingerprint density at radius 1 is 0.750 bits per heavy atom. The Hall–Kier alpha value is -3.67. The minimum Gasteiger partial charge on any atom is -0.493 e. The van der Waals surface area contributed by atoms with Crippen molar-refractivity contribution in [2.24, 2.45) is 0 Å². The minimum atomic E-state index is 0.383. The summed E-state index contributed by atoms with van der Waals surface area (Å²) in [6.07, 6.45) is 2.64. The van der Waals surface area contributed by atoms with E-state index >= 15 is 0 Å². The van der Waals surface area contributed by atoms with E-state index in [0.717, 1.165) is 41.9 Å². The summed E-state index contributed by atoms with van der Waals surface area (Å²) < 4.78 is 30.9. The monoisotopic (exact) mass is 490 g/mol. The molecule has 6 nitrogen and oxygen atoms in total. The number of benzene rings is 3. The molecule has 0 bridgehead atoms. The molecule has 0 saturated carbocycles. The van der Waals surface area contributed by atoms with E-state index < -0.39 is 0 Å². The van der Waals surface area contributed by atoms with Crippen molar-refractivity contribution in [3.63, 3.8) is 0 Å². The summed E-state index contributed by atoms with van der Waals surface area (Å²) in [4.78, 5) is 0. The predicted octanol–water partition coefficient (Wildman–Crippen LogP) is 5.31. The molecule has 4 rings (SSSR count). The van der Waals surface area contributed by atoms with E-state index in [1.54, 1.807) is 28.4 Å². The first kappa shape index (κ1) is 25.4. The van der Waals surface area contributed by atoms with Crippen molar-refractivity contribution in [2.75, 3.05) is 35.5 Å². The number of likely N-dealkylation sites (N-methyl/N-ethyl adjacent to an activating group) is 1. The van der Waals surface area contributed by atoms with Crippen molar-refractivity contribution in [1.29, 1.82) is 0 Å². The molecule has 3 aromatic rings. The second-order valence-electron chi connectivity index (χ2n) is 9.08. The van der Waals surface area contributed by atoms with Crippen LogP contribution in [0.15, 0.2) is 54.6 Å². The van der Waals surface area contributed by atoms with E-state index in [1.807, 2.05) is 30.3 Å². The lowest BCUT2D eigenvalue weighted by Gasteiger charge is -2.23. The van der Waals surface area contributed by atoms with Gasteiger partial charge in [0.1, 0.15) is 13.7 Å². The first-order valence-electron chi connectivity index (χ1n) is 12.2. The summed E-state index contributed by atoms with van der Waals surface area (Å²) in [6.45, 7) is 2.75. The lowest BCUT2D eigenvalue weighted by molar-refractivity contribution is -0.536. The van der Waals surface area contributed by atoms with Gasteiger partial charge in [-0.2, -0.15) is 0 Å². The highest BCUT2D eigenvalue weighted by Gasteiger charge is 2.30. The van der Waals surface area contributed by atoms with Gasteiger partial charge in [0, 0.05) is 18.4 Å². The smallest absolute Gasteiger partial charge is 0.203 e. The Bertz CT molecular complexity index is 1210. The first-order chi connectivity index (χ1) is 17.5. The SMILES string of the molecule is COc1cc2c(cc1OCc1ccccc1)C(CCc1cc(OC)c(OC)c(OC)c1)=[N+](C)[C@H](C)C2. The van der Waals surface area contributed by atoms with Crippen molar-refractivity contribution in [1.82, 2.24) is 0 Å². The van der Waals surface area contributed by atoms with Gasteiger partial charge in [-0.05, 0) is 54.3 Å². The highest BCUT2D eigenvalue weighted by atomic mass is 16.5. The van der Waals surface area contributed by atoms with Gasteiger partial charge in [0.25, 0.3) is 0 Å². The van der Waals surface area contributed by atoms with Crippen LogP contribution in [0.2, 0.25) is 0 Å². The van der Waals surface area contributed by atoms with Gasteiger partial charge in [-0.3, -0.25) is 0 Å². The van der Waals surface area contributed by atoms with Crippen LogP contribution < -0.4 is 23.7 Å². The molecule has 36 heavy (non-hydrogen) atoms. The van der Waals surface area contributed by atoms with Crippen LogP contribution in [0.4, 0.5) is 0 Å². The van der Waals surface area contributed by atoms with Gasteiger partial charge in [0.05, 0.1) is 28.4 Å². The van der Waals surface area contributed by atoms with E-state index in [-0.39, 0.29) is 0 Å². The second-order valence-corrected chi connectivity index (χ2v) is 9.08. The standard InChI is InChI=1S/C30H36NO5/c1-20-14-23-17-26(32-3)27(36-19-21-10-8-7-9-11-21)18-24(23)25(31(20)2)13-12-22-15-28(33-4)30(35-6)29(16-22)34-5/h7-11,15-18,20H,12-14,19H2,1-6H3/q+1/t20-/m1/s1. The summed E-state index contributed by atoms with van der Waals surface area (Å²) in [5.74, 6) is 3.48. The van der Waals surface area contributed by atoms with Crippen LogP contribution in [0.25, 0.3) is 0 Å². The van der Waals surface area contributed by atoms with E-state index in [2.05, 4.69) is 42.8 Å². The average Bonchev–Trinajstić information content (AvgIpc) is 2.91. The van der Waals surface area contributed by atoms with Crippen molar-refractivity contribution in [3.8, 4) is 28.7 Å². The zero-order valence-electron chi connectivity index (χ0n) is 22.1. The fraction of sp³-hybridized carbons (Fsp3) is 0.367. The van der Waals surface area contributed by atoms with E-state index in [9.17, 15) is 0 Å². The molecule has 1 atom stereocenters. The Balaban J connectivity index is 1.64. The predicted molar refractivity (Wildman–Crippen MR) is 142 cm³/mol. The van der Waals surface area contributed by atoms with E-state index in [4.69, 9.17) is 23.7 Å². The average molecular weight is 491 g/mol. The third-order valence-electron chi connectivity index (χ3n) is 6.91. The second kappa shape index (κ2) is 11.4. The molecule has 0 unspecified atom stereocenters. The molecule has 3 aromatic carbocycles. The van der Waals surface area contributed by atoms with E-state index in [1.165, 1.54) is 16.8 Å². The third kappa shape index (κ3) is 5.27. The topological polar surface area (TPSA) is 49.2 Å². The number of ether oxygens (including phenoxy) is 5. The maximum absolute atomic E-state index is 6.24. The van der Waals surface area contributed by atoms with Gasteiger partial charge >= 0.3 is 0 Å². The molecule has 0 aliphatic carbocycles. The van der Waals surface area contributed by atoms with Gasteiger partial charge in [0.15, 0.2) is 34.8 Å². The van der Waals surface area contributed by atoms with Crippen LogP contribution in [0.1, 0.15) is 35.6 Å². The van der Waals surface area contributed by atoms with Gasteiger partial charge in [0.2, 0.25) is 5.75 Å². The number of methoxy groups -OCH3 is 4. The highest BCUT2D eigenvalue weighted by Crippen LogP contribution is 2.39. The van der Waals surface area contributed by atoms with Gasteiger partial charge in [-0.15, -0.1) is 0 Å². The van der Waals surface area contributed by atoms with Crippen LogP contribution in [-0.4, -0.2) is 51.8 Å². The molecule has 0 saturated heterocycles. The molecule has 0 fully saturated rings. The number of hydrogen-bond acceptors (Lipinski definition) is 5. The molecule has 0 N–H and O–H groups in total. The maximum atomic E-state index is 6.24. The lowest BCUT2D eigenvalue weighted by atomic mass is 9.89. The number of aryl methyl sites for hydroxylation is 1. The first-order valence-corrected chi connectivity index (χ1v) is 12.2. The van der Waals surface area contributed by atoms with Crippen LogP contribution in [0.5, 0.6) is 28.7 Å². The number of nitrogens with zero attached hydrogens (tertiary/aromatic N) is 1. The fourth-order valence-electron chi connectivity index (χ4n) is 4.81. The van der Waals surface area contributed by atoms with Gasteiger partial charge < -0.3 is 23.7 Å². The zero-order chi connectivity index (χ0) is 25.7.